The zero-order valence-corrected chi connectivity index (χ0v) is 12.7. The zero-order valence-electron chi connectivity index (χ0n) is 12.7. The fourth-order valence-corrected chi connectivity index (χ4v) is 3.20. The fraction of sp³-hybridized carbons (Fsp3) is 0.556. The average molecular weight is 257 g/mol. The quantitative estimate of drug-likeness (QED) is 0.651. The van der Waals surface area contributed by atoms with E-state index in [-0.39, 0.29) is 5.54 Å². The molecule has 0 fully saturated rings. The minimum Gasteiger partial charge on any atom is -0.365 e. The average Bonchev–Trinajstić information content (AvgIpc) is 2.37. The van der Waals surface area contributed by atoms with Crippen molar-refractivity contribution in [2.45, 2.75) is 52.0 Å². The van der Waals surface area contributed by atoms with Crippen molar-refractivity contribution >= 4 is 0 Å². The summed E-state index contributed by atoms with van der Waals surface area (Å²) in [5.41, 5.74) is 2.98. The fourth-order valence-electron chi connectivity index (χ4n) is 3.20. The van der Waals surface area contributed by atoms with Gasteiger partial charge in [0.05, 0.1) is 5.54 Å². The standard InChI is InChI=1S/C18H27N/c1-5-7-13-19-15(3)16-11-9-8-10-12-17(14-16)18(19,4)6-2/h8-11,14,16H,3,5-7,12-13H2,1-2,4H3/b10-8-,11-9-. The summed E-state index contributed by atoms with van der Waals surface area (Å²) < 4.78 is 0. The monoisotopic (exact) mass is 257 g/mol. The second kappa shape index (κ2) is 5.81. The predicted octanol–water partition coefficient (Wildman–Crippen LogP) is 4.84. The zero-order chi connectivity index (χ0) is 13.9. The van der Waals surface area contributed by atoms with E-state index < -0.39 is 0 Å². The SMILES string of the molecule is C=C1C2C=C(C/C=C\C=C/2)C(C)(CC)N1CCCC. The van der Waals surface area contributed by atoms with Crippen LogP contribution >= 0.6 is 0 Å². The molecular formula is C18H27N. The van der Waals surface area contributed by atoms with Gasteiger partial charge in [-0.2, -0.15) is 0 Å². The third-order valence-electron chi connectivity index (χ3n) is 4.73. The Kier molecular flexibility index (Phi) is 4.34. The molecule has 0 aromatic carbocycles. The van der Waals surface area contributed by atoms with Crippen LogP contribution in [0.2, 0.25) is 0 Å². The van der Waals surface area contributed by atoms with E-state index >= 15 is 0 Å². The maximum atomic E-state index is 4.39. The maximum Gasteiger partial charge on any atom is 0.0583 e. The van der Waals surface area contributed by atoms with E-state index in [1.54, 1.807) is 5.57 Å². The van der Waals surface area contributed by atoms with Crippen molar-refractivity contribution in [3.05, 3.63) is 48.2 Å². The number of nitrogens with zero attached hydrogens (tertiary/aromatic N) is 1. The molecule has 2 rings (SSSR count). The lowest BCUT2D eigenvalue weighted by molar-refractivity contribution is 0.152. The van der Waals surface area contributed by atoms with Crippen LogP contribution in [-0.4, -0.2) is 17.0 Å². The third kappa shape index (κ3) is 2.56. The topological polar surface area (TPSA) is 3.24 Å². The van der Waals surface area contributed by atoms with Crippen LogP contribution in [0.15, 0.2) is 48.2 Å². The molecule has 104 valence electrons. The summed E-state index contributed by atoms with van der Waals surface area (Å²) >= 11 is 0. The molecule has 0 saturated heterocycles. The minimum absolute atomic E-state index is 0.151. The molecule has 0 saturated carbocycles. The van der Waals surface area contributed by atoms with Crippen LogP contribution < -0.4 is 0 Å². The van der Waals surface area contributed by atoms with E-state index in [9.17, 15) is 0 Å². The van der Waals surface area contributed by atoms with Crippen molar-refractivity contribution in [1.29, 1.82) is 0 Å². The van der Waals surface area contributed by atoms with Crippen molar-refractivity contribution in [2.24, 2.45) is 5.92 Å². The molecule has 1 nitrogen and oxygen atoms in total. The molecule has 0 amide bonds. The Hall–Kier alpha value is -1.24. The molecule has 0 N–H and O–H groups in total. The summed E-state index contributed by atoms with van der Waals surface area (Å²) in [4.78, 5) is 2.57. The van der Waals surface area contributed by atoms with E-state index in [4.69, 9.17) is 0 Å². The Morgan fingerprint density at radius 2 is 2.16 bits per heavy atom. The van der Waals surface area contributed by atoms with Gasteiger partial charge in [0.2, 0.25) is 0 Å². The number of fused-ring (bicyclic) bond motifs is 1. The largest absolute Gasteiger partial charge is 0.365 e. The number of hydrogen-bond acceptors (Lipinski definition) is 1. The van der Waals surface area contributed by atoms with Gasteiger partial charge < -0.3 is 4.90 Å². The van der Waals surface area contributed by atoms with Crippen LogP contribution in [-0.2, 0) is 0 Å². The molecule has 1 aliphatic heterocycles. The Morgan fingerprint density at radius 3 is 2.84 bits per heavy atom. The molecule has 2 aliphatic rings. The summed E-state index contributed by atoms with van der Waals surface area (Å²) in [5, 5.41) is 0. The van der Waals surface area contributed by atoms with Crippen molar-refractivity contribution in [3.63, 3.8) is 0 Å². The van der Waals surface area contributed by atoms with Gasteiger partial charge in [-0.1, -0.05) is 57.2 Å². The Bertz CT molecular complexity index is 427. The molecule has 0 spiro atoms. The smallest absolute Gasteiger partial charge is 0.0583 e. The van der Waals surface area contributed by atoms with Gasteiger partial charge in [0.25, 0.3) is 0 Å². The van der Waals surface area contributed by atoms with Gasteiger partial charge in [0, 0.05) is 18.2 Å². The Labute approximate surface area is 118 Å². The van der Waals surface area contributed by atoms with Crippen LogP contribution in [0.25, 0.3) is 0 Å². The first kappa shape index (κ1) is 14.2. The Morgan fingerprint density at radius 1 is 1.37 bits per heavy atom. The lowest BCUT2D eigenvalue weighted by atomic mass is 9.77. The molecule has 2 unspecified atom stereocenters. The lowest BCUT2D eigenvalue weighted by Crippen LogP contribution is -2.50. The molecule has 2 atom stereocenters. The van der Waals surface area contributed by atoms with Crippen LogP contribution in [0.4, 0.5) is 0 Å². The molecule has 1 heterocycles. The molecule has 1 heteroatoms. The van der Waals surface area contributed by atoms with E-state index in [2.05, 4.69) is 62.6 Å². The van der Waals surface area contributed by atoms with Gasteiger partial charge in [-0.3, -0.25) is 0 Å². The van der Waals surface area contributed by atoms with Gasteiger partial charge in [-0.15, -0.1) is 0 Å². The predicted molar refractivity (Wildman–Crippen MR) is 83.9 cm³/mol. The molecule has 2 bridgehead atoms. The van der Waals surface area contributed by atoms with Crippen molar-refractivity contribution < 1.29 is 0 Å². The highest BCUT2D eigenvalue weighted by Gasteiger charge is 2.39. The first-order valence-electron chi connectivity index (χ1n) is 7.64. The second-order valence-corrected chi connectivity index (χ2v) is 5.86. The highest BCUT2D eigenvalue weighted by molar-refractivity contribution is 5.37. The first-order valence-corrected chi connectivity index (χ1v) is 7.64. The van der Waals surface area contributed by atoms with Crippen LogP contribution in [0.3, 0.4) is 0 Å². The summed E-state index contributed by atoms with van der Waals surface area (Å²) in [5.74, 6) is 0.386. The van der Waals surface area contributed by atoms with E-state index in [0.29, 0.717) is 5.92 Å². The number of unbranched alkanes of at least 4 members (excludes halogenated alkanes) is 1. The van der Waals surface area contributed by atoms with E-state index in [0.717, 1.165) is 19.4 Å². The normalized spacial score (nSPS) is 33.4. The molecule has 1 aliphatic carbocycles. The van der Waals surface area contributed by atoms with Crippen molar-refractivity contribution in [1.82, 2.24) is 4.90 Å². The molecule has 19 heavy (non-hydrogen) atoms. The van der Waals surface area contributed by atoms with Crippen molar-refractivity contribution in [2.75, 3.05) is 6.54 Å². The van der Waals surface area contributed by atoms with Gasteiger partial charge in [0.1, 0.15) is 0 Å². The summed E-state index contributed by atoms with van der Waals surface area (Å²) in [6, 6.07) is 0. The van der Waals surface area contributed by atoms with Gasteiger partial charge in [-0.05, 0) is 31.8 Å². The minimum atomic E-state index is 0.151. The van der Waals surface area contributed by atoms with Gasteiger partial charge in [-0.25, -0.2) is 0 Å². The summed E-state index contributed by atoms with van der Waals surface area (Å²) in [6.45, 7) is 12.5. The van der Waals surface area contributed by atoms with E-state index in [1.807, 2.05) is 0 Å². The third-order valence-corrected chi connectivity index (χ3v) is 4.73. The molecule has 0 aromatic rings. The first-order chi connectivity index (χ1) is 9.13. The summed E-state index contributed by atoms with van der Waals surface area (Å²) in [6.07, 6.45) is 16.0. The van der Waals surface area contributed by atoms with Crippen molar-refractivity contribution in [3.8, 4) is 0 Å². The highest BCUT2D eigenvalue weighted by atomic mass is 15.2. The maximum absolute atomic E-state index is 4.39. The summed E-state index contributed by atoms with van der Waals surface area (Å²) in [7, 11) is 0. The van der Waals surface area contributed by atoms with Gasteiger partial charge >= 0.3 is 0 Å². The molecular weight excluding hydrogens is 230 g/mol. The van der Waals surface area contributed by atoms with Gasteiger partial charge in [0.15, 0.2) is 0 Å². The second-order valence-electron chi connectivity index (χ2n) is 5.86. The van der Waals surface area contributed by atoms with Crippen LogP contribution in [0.1, 0.15) is 46.5 Å². The Balaban J connectivity index is 2.39. The number of rotatable bonds is 4. The molecule has 0 aromatic heterocycles. The molecule has 0 radical (unpaired) electrons. The van der Waals surface area contributed by atoms with Crippen LogP contribution in [0.5, 0.6) is 0 Å². The van der Waals surface area contributed by atoms with Crippen LogP contribution in [0, 0.1) is 5.92 Å². The van der Waals surface area contributed by atoms with E-state index in [1.165, 1.54) is 18.5 Å². The highest BCUT2D eigenvalue weighted by Crippen LogP contribution is 2.42. The number of hydrogen-bond donors (Lipinski definition) is 0. The number of allylic oxidation sites excluding steroid dienone is 4. The lowest BCUT2D eigenvalue weighted by Gasteiger charge is -2.50.